The summed E-state index contributed by atoms with van der Waals surface area (Å²) in [5.41, 5.74) is 0.666. The summed E-state index contributed by atoms with van der Waals surface area (Å²) in [6.07, 6.45) is -0.708. The van der Waals surface area contributed by atoms with Crippen molar-refractivity contribution in [3.63, 3.8) is 0 Å². The molecule has 0 aliphatic carbocycles. The Kier molecular flexibility index (Phi) is 3.38. The van der Waals surface area contributed by atoms with Crippen molar-refractivity contribution in [3.05, 3.63) is 21.4 Å². The van der Waals surface area contributed by atoms with E-state index in [1.165, 1.54) is 0 Å². The van der Waals surface area contributed by atoms with Gasteiger partial charge in [0.05, 0.1) is 19.2 Å². The molecule has 18 heavy (non-hydrogen) atoms. The molecule has 1 atom stereocenters. The van der Waals surface area contributed by atoms with Crippen LogP contribution in [0.2, 0.25) is 0 Å². The third-order valence-electron chi connectivity index (χ3n) is 2.67. The van der Waals surface area contributed by atoms with E-state index in [4.69, 9.17) is 4.74 Å². The van der Waals surface area contributed by atoms with Crippen LogP contribution in [0.3, 0.4) is 0 Å². The summed E-state index contributed by atoms with van der Waals surface area (Å²) < 4.78 is 5.34. The first-order valence-corrected chi connectivity index (χ1v) is 6.85. The number of thiophene rings is 1. The van der Waals surface area contributed by atoms with Crippen LogP contribution in [0.5, 0.6) is 0 Å². The number of amides is 1. The van der Waals surface area contributed by atoms with Crippen molar-refractivity contribution in [2.75, 3.05) is 0 Å². The van der Waals surface area contributed by atoms with Gasteiger partial charge in [0.15, 0.2) is 0 Å². The predicted molar refractivity (Wildman–Crippen MR) is 70.4 cm³/mol. The molecule has 2 heterocycles. The van der Waals surface area contributed by atoms with E-state index in [2.05, 4.69) is 0 Å². The average Bonchev–Trinajstić information content (AvgIpc) is 2.69. The summed E-state index contributed by atoms with van der Waals surface area (Å²) in [7, 11) is 0. The molecule has 4 nitrogen and oxygen atoms in total. The maximum absolute atomic E-state index is 11.9. The van der Waals surface area contributed by atoms with Crippen molar-refractivity contribution in [2.45, 2.75) is 52.5 Å². The van der Waals surface area contributed by atoms with Crippen LogP contribution in [-0.2, 0) is 17.8 Å². The Labute approximate surface area is 111 Å². The van der Waals surface area contributed by atoms with E-state index in [9.17, 15) is 9.90 Å². The van der Waals surface area contributed by atoms with Crippen LogP contribution >= 0.6 is 11.3 Å². The summed E-state index contributed by atoms with van der Waals surface area (Å²) in [4.78, 5) is 15.7. The minimum atomic E-state index is -0.460. The van der Waals surface area contributed by atoms with Crippen LogP contribution in [0.1, 0.15) is 49.1 Å². The number of hydrogen-bond donors (Lipinski definition) is 1. The van der Waals surface area contributed by atoms with Gasteiger partial charge < -0.3 is 9.84 Å². The molecule has 0 spiro atoms. The zero-order valence-electron chi connectivity index (χ0n) is 11.2. The predicted octanol–water partition coefficient (Wildman–Crippen LogP) is 3.05. The molecule has 2 rings (SSSR count). The third kappa shape index (κ3) is 2.84. The van der Waals surface area contributed by atoms with Crippen LogP contribution in [0.4, 0.5) is 4.79 Å². The molecule has 1 aliphatic rings. The van der Waals surface area contributed by atoms with Gasteiger partial charge in [-0.3, -0.25) is 4.90 Å². The smallest absolute Gasteiger partial charge is 0.410 e. The van der Waals surface area contributed by atoms with Crippen LogP contribution in [0.15, 0.2) is 6.07 Å². The molecular weight excluding hydrogens is 250 g/mol. The van der Waals surface area contributed by atoms with Gasteiger partial charge in [-0.1, -0.05) is 0 Å². The Morgan fingerprint density at radius 2 is 2.17 bits per heavy atom. The van der Waals surface area contributed by atoms with E-state index in [1.807, 2.05) is 26.8 Å². The van der Waals surface area contributed by atoms with Crippen molar-refractivity contribution >= 4 is 17.4 Å². The Hall–Kier alpha value is -1.07. The molecule has 100 valence electrons. The monoisotopic (exact) mass is 269 g/mol. The molecule has 5 heteroatoms. The molecule has 1 unspecified atom stereocenters. The van der Waals surface area contributed by atoms with Crippen LogP contribution in [0, 0.1) is 0 Å². The molecular formula is C13H19NO3S. The molecule has 0 saturated heterocycles. The van der Waals surface area contributed by atoms with Crippen LogP contribution < -0.4 is 0 Å². The zero-order valence-corrected chi connectivity index (χ0v) is 12.0. The summed E-state index contributed by atoms with van der Waals surface area (Å²) in [6, 6.07) is 1.98. The van der Waals surface area contributed by atoms with Gasteiger partial charge in [-0.2, -0.15) is 0 Å². The second-order valence-electron chi connectivity index (χ2n) is 5.61. The van der Waals surface area contributed by atoms with Crippen LogP contribution in [-0.4, -0.2) is 21.7 Å². The van der Waals surface area contributed by atoms with E-state index in [1.54, 1.807) is 23.2 Å². The molecule has 1 aromatic rings. The first-order valence-electron chi connectivity index (χ1n) is 6.04. The third-order valence-corrected chi connectivity index (χ3v) is 4.01. The highest BCUT2D eigenvalue weighted by atomic mass is 32.1. The SMILES string of the molecule is CC(O)c1cc2c(s1)CN(C(=O)OC(C)(C)C)C2. The summed E-state index contributed by atoms with van der Waals surface area (Å²) in [6.45, 7) is 8.51. The molecule has 1 N–H and O–H groups in total. The first kappa shape index (κ1) is 13.4. The summed E-state index contributed by atoms with van der Waals surface area (Å²) in [5, 5.41) is 9.51. The van der Waals surface area contributed by atoms with E-state index in [0.717, 1.165) is 15.3 Å². The van der Waals surface area contributed by atoms with E-state index in [0.29, 0.717) is 13.1 Å². The Morgan fingerprint density at radius 3 is 2.67 bits per heavy atom. The molecule has 0 radical (unpaired) electrons. The van der Waals surface area contributed by atoms with E-state index in [-0.39, 0.29) is 6.09 Å². The minimum absolute atomic E-state index is 0.274. The topological polar surface area (TPSA) is 49.8 Å². The number of nitrogens with zero attached hydrogens (tertiary/aromatic N) is 1. The largest absolute Gasteiger partial charge is 0.444 e. The Bertz CT molecular complexity index is 436. The fraction of sp³-hybridized carbons (Fsp3) is 0.615. The van der Waals surface area contributed by atoms with Crippen molar-refractivity contribution in [2.24, 2.45) is 0 Å². The number of ether oxygens (including phenoxy) is 1. The second kappa shape index (κ2) is 4.55. The number of aliphatic hydroxyl groups excluding tert-OH is 1. The molecule has 1 aliphatic heterocycles. The Morgan fingerprint density at radius 1 is 1.50 bits per heavy atom. The molecule has 1 amide bonds. The van der Waals surface area contributed by atoms with Crippen molar-refractivity contribution in [1.82, 2.24) is 4.90 Å². The number of aliphatic hydroxyl groups is 1. The minimum Gasteiger partial charge on any atom is -0.444 e. The van der Waals surface area contributed by atoms with Crippen LogP contribution in [0.25, 0.3) is 0 Å². The van der Waals surface area contributed by atoms with Gasteiger partial charge in [0.2, 0.25) is 0 Å². The van der Waals surface area contributed by atoms with E-state index < -0.39 is 11.7 Å². The standard InChI is InChI=1S/C13H19NO3S/c1-8(15)10-5-9-6-14(7-11(9)18-10)12(16)17-13(2,3)4/h5,8,15H,6-7H2,1-4H3. The Balaban J connectivity index is 2.02. The molecule has 0 fully saturated rings. The number of hydrogen-bond acceptors (Lipinski definition) is 4. The number of carbonyl (C=O) groups excluding carboxylic acids is 1. The number of rotatable bonds is 1. The van der Waals surface area contributed by atoms with Gasteiger partial charge in [0, 0.05) is 9.75 Å². The van der Waals surface area contributed by atoms with Gasteiger partial charge in [-0.25, -0.2) is 4.79 Å². The van der Waals surface area contributed by atoms with Gasteiger partial charge in [0.1, 0.15) is 5.60 Å². The highest BCUT2D eigenvalue weighted by Gasteiger charge is 2.29. The quantitative estimate of drug-likeness (QED) is 0.852. The fourth-order valence-electron chi connectivity index (χ4n) is 1.85. The molecule has 1 aromatic heterocycles. The van der Waals surface area contributed by atoms with Gasteiger partial charge in [-0.05, 0) is 39.3 Å². The zero-order chi connectivity index (χ0) is 13.5. The summed E-state index contributed by atoms with van der Waals surface area (Å²) >= 11 is 1.57. The highest BCUT2D eigenvalue weighted by Crippen LogP contribution is 2.34. The van der Waals surface area contributed by atoms with Crippen molar-refractivity contribution < 1.29 is 14.6 Å². The number of carbonyl (C=O) groups is 1. The van der Waals surface area contributed by atoms with Gasteiger partial charge in [0.25, 0.3) is 0 Å². The van der Waals surface area contributed by atoms with E-state index >= 15 is 0 Å². The van der Waals surface area contributed by atoms with Gasteiger partial charge >= 0.3 is 6.09 Å². The number of fused-ring (bicyclic) bond motifs is 1. The summed E-state index contributed by atoms with van der Waals surface area (Å²) in [5.74, 6) is 0. The molecule has 0 aromatic carbocycles. The maximum Gasteiger partial charge on any atom is 0.410 e. The lowest BCUT2D eigenvalue weighted by atomic mass is 10.2. The molecule has 0 bridgehead atoms. The van der Waals surface area contributed by atoms with Crippen molar-refractivity contribution in [1.29, 1.82) is 0 Å². The molecule has 0 saturated carbocycles. The van der Waals surface area contributed by atoms with Gasteiger partial charge in [-0.15, -0.1) is 11.3 Å². The lowest BCUT2D eigenvalue weighted by molar-refractivity contribution is 0.0242. The lowest BCUT2D eigenvalue weighted by Gasteiger charge is -2.24. The maximum atomic E-state index is 11.9. The highest BCUT2D eigenvalue weighted by molar-refractivity contribution is 7.12. The lowest BCUT2D eigenvalue weighted by Crippen LogP contribution is -2.33. The fourth-order valence-corrected chi connectivity index (χ4v) is 2.98. The average molecular weight is 269 g/mol. The van der Waals surface area contributed by atoms with Crippen molar-refractivity contribution in [3.8, 4) is 0 Å². The first-order chi connectivity index (χ1) is 8.26. The second-order valence-corrected chi connectivity index (χ2v) is 6.78. The normalized spacial score (nSPS) is 16.6.